The van der Waals surface area contributed by atoms with Gasteiger partial charge in [0.15, 0.2) is 0 Å². The van der Waals surface area contributed by atoms with Gasteiger partial charge in [-0.1, -0.05) is 91.0 Å². The first-order chi connectivity index (χ1) is 68.5. The molecule has 0 saturated carbocycles. The molecule has 0 bridgehead atoms. The quantitative estimate of drug-likeness (QED) is 0.0845. The Morgan fingerprint density at radius 3 is 0.572 bits per heavy atom. The zero-order valence-corrected chi connectivity index (χ0v) is 78.7. The Kier molecular flexibility index (Phi) is 19.8. The summed E-state index contributed by atoms with van der Waals surface area (Å²) in [6.07, 6.45) is 0. The van der Waals surface area contributed by atoms with E-state index in [1.807, 2.05) is 0 Å². The van der Waals surface area contributed by atoms with E-state index in [4.69, 9.17) is 0 Å². The predicted octanol–water partition coefficient (Wildman–Crippen LogP) is 37.6. The standard InChI is InChI=1S/C72H44Se.C64H40Se/c1-3-20-45(21-4-1)48-39-41-62(52-26-9-7-24-50(48)52)69-56-30-13-11-28-54(56)68(55-29-12-14-31-57(55)69)47-38-43-67-66(44-47)64-36-19-37-65(72(64)73-67)71-60-34-17-15-32-58(60)70(59-33-16-18-35-61(59)71)63-42-40-49(46-22-5-2-6-23-46)51-25-8-10-27-53(51)63;1-3-18-41(19-4-1)43-22-15-24-45(38-43)60-48-26-7-9-28-50(48)62(51-29-10-8-27-49(51)60)47-36-37-59-58(40-47)56-34-17-35-57(64(56)65-59)63-54-32-13-11-30-52(54)61(53-31-12-14-33-55(53)63)46-25-16-23-44(39-46)42-20-5-2-6-21-42/h1-44H;1-40H. The molecule has 640 valence electrons. The summed E-state index contributed by atoms with van der Waals surface area (Å²) in [5.41, 5.74) is 30.5. The number of hydrogen-bond acceptors (Lipinski definition) is 0. The maximum atomic E-state index is 2.51. The van der Waals surface area contributed by atoms with E-state index in [1.54, 1.807) is 0 Å². The van der Waals surface area contributed by atoms with Crippen molar-refractivity contribution >= 4 is 175 Å². The van der Waals surface area contributed by atoms with Gasteiger partial charge >= 0.3 is 722 Å². The molecule has 0 radical (unpaired) electrons. The minimum Gasteiger partial charge on any atom is -0.0617 e. The molecule has 2 heteroatoms. The summed E-state index contributed by atoms with van der Waals surface area (Å²) in [7, 11) is 0. The largest absolute Gasteiger partial charge is 0.0617 e. The Bertz CT molecular complexity index is 9600. The second-order valence-corrected chi connectivity index (χ2v) is 40.8. The molecule has 0 unspecified atom stereocenters. The van der Waals surface area contributed by atoms with Gasteiger partial charge < -0.3 is 0 Å². The van der Waals surface area contributed by atoms with E-state index in [0.29, 0.717) is 0 Å². The van der Waals surface area contributed by atoms with E-state index in [9.17, 15) is 0 Å². The molecule has 0 aliphatic carbocycles. The molecule has 0 aliphatic rings. The number of fused-ring (bicyclic) bond motifs is 16. The van der Waals surface area contributed by atoms with Crippen molar-refractivity contribution in [1.29, 1.82) is 0 Å². The van der Waals surface area contributed by atoms with Crippen LogP contribution in [-0.2, 0) is 0 Å². The second-order valence-electron chi connectivity index (χ2n) is 36.4. The molecule has 28 rings (SSSR count). The van der Waals surface area contributed by atoms with Crippen LogP contribution in [0.4, 0.5) is 0 Å². The van der Waals surface area contributed by atoms with Gasteiger partial charge in [-0.05, 0) is 5.56 Å². The van der Waals surface area contributed by atoms with Gasteiger partial charge in [0.25, 0.3) is 0 Å². The second kappa shape index (κ2) is 33.8. The minimum absolute atomic E-state index is 0.102. The third-order valence-corrected chi connectivity index (χ3v) is 34.0. The van der Waals surface area contributed by atoms with E-state index in [1.165, 1.54) is 280 Å². The molecule has 0 N–H and O–H groups in total. The van der Waals surface area contributed by atoms with E-state index in [2.05, 4.69) is 510 Å². The molecule has 26 aromatic carbocycles. The normalized spacial score (nSPS) is 11.8. The summed E-state index contributed by atoms with van der Waals surface area (Å²) in [5.74, 6) is 0. The summed E-state index contributed by atoms with van der Waals surface area (Å²) in [6, 6.07) is 190. The van der Waals surface area contributed by atoms with Crippen molar-refractivity contribution in [2.45, 2.75) is 0 Å². The van der Waals surface area contributed by atoms with Crippen LogP contribution >= 0.6 is 0 Å². The molecular weight excluding hydrogens is 1790 g/mol. The van der Waals surface area contributed by atoms with Gasteiger partial charge in [0.1, 0.15) is 0 Å². The fourth-order valence-corrected chi connectivity index (χ4v) is 28.0. The summed E-state index contributed by atoms with van der Waals surface area (Å²) < 4.78 is 5.79. The van der Waals surface area contributed by atoms with Crippen molar-refractivity contribution in [3.63, 3.8) is 0 Å². The van der Waals surface area contributed by atoms with Gasteiger partial charge in [-0.25, -0.2) is 0 Å². The van der Waals surface area contributed by atoms with E-state index in [0.717, 1.165) is 0 Å². The Balaban J connectivity index is 0.000000140. The molecule has 28 aromatic rings. The van der Waals surface area contributed by atoms with Gasteiger partial charge in [0.05, 0.1) is 0 Å². The van der Waals surface area contributed by atoms with Gasteiger partial charge in [0.2, 0.25) is 0 Å². The van der Waals surface area contributed by atoms with Crippen LogP contribution < -0.4 is 0 Å². The van der Waals surface area contributed by atoms with E-state index in [-0.39, 0.29) is 29.0 Å². The Morgan fingerprint density at radius 1 is 0.0942 bits per heavy atom. The maximum absolute atomic E-state index is 2.51. The molecule has 2 aromatic heterocycles. The van der Waals surface area contributed by atoms with Crippen molar-refractivity contribution < 1.29 is 0 Å². The first kappa shape index (κ1) is 81.0. The average molecular weight is 1880 g/mol. The summed E-state index contributed by atoms with van der Waals surface area (Å²) in [5, 5.41) is 30.9. The van der Waals surface area contributed by atoms with Crippen LogP contribution in [0.5, 0.6) is 0 Å². The SMILES string of the molecule is c1ccc(-c2ccc(-c3c4ccccc4c(-c4ccc5[se]c6c(-c7c8ccccc8c(-c8ccc(-c9ccccc9)c9ccccc89)c8ccccc78)cccc6c5c4)c4ccccc34)c3ccccc23)cc1.c1ccc(-c2cccc(-c3c4ccccc4c(-c4ccc5[se]c6c(-c7c8ccccc8c(-c8cccc(-c9ccccc9)c8)c8ccccc78)cccc6c5c4)c4ccccc34)c2)cc1. The van der Waals surface area contributed by atoms with Crippen LogP contribution in [0.3, 0.4) is 0 Å². The van der Waals surface area contributed by atoms with Gasteiger partial charge in [-0.3, -0.25) is 0 Å². The maximum Gasteiger partial charge on any atom is -0.0544 e. The zero-order valence-electron chi connectivity index (χ0n) is 75.3. The smallest absolute Gasteiger partial charge is 0.0544 e. The van der Waals surface area contributed by atoms with Crippen molar-refractivity contribution in [3.8, 4) is 134 Å². The molecule has 0 spiro atoms. The number of benzene rings is 26. The Morgan fingerprint density at radius 2 is 0.290 bits per heavy atom. The monoisotopic (exact) mass is 1880 g/mol. The predicted molar refractivity (Wildman–Crippen MR) is 597 cm³/mol. The molecule has 0 amide bonds. The molecule has 0 aliphatic heterocycles. The average Bonchev–Trinajstić information content (AvgIpc) is 1.61. The fourth-order valence-electron chi connectivity index (χ4n) is 23.0. The van der Waals surface area contributed by atoms with Crippen LogP contribution in [-0.4, -0.2) is 29.0 Å². The minimum atomic E-state index is 0.102. The van der Waals surface area contributed by atoms with Crippen LogP contribution in [0, 0.1) is 0 Å². The van der Waals surface area contributed by atoms with Crippen molar-refractivity contribution in [3.05, 3.63) is 510 Å². The Hall–Kier alpha value is -16.6. The molecule has 0 atom stereocenters. The molecule has 138 heavy (non-hydrogen) atoms. The van der Waals surface area contributed by atoms with Crippen LogP contribution in [0.2, 0.25) is 0 Å². The van der Waals surface area contributed by atoms with Gasteiger partial charge in [-0.2, -0.15) is 0 Å². The molecular formula is C136H84Se2. The van der Waals surface area contributed by atoms with Crippen molar-refractivity contribution in [2.24, 2.45) is 0 Å². The van der Waals surface area contributed by atoms with Crippen LogP contribution in [0.25, 0.3) is 280 Å². The molecule has 2 heterocycles. The summed E-state index contributed by atoms with van der Waals surface area (Å²) in [4.78, 5) is 0. The van der Waals surface area contributed by atoms with E-state index < -0.39 is 0 Å². The Labute approximate surface area is 811 Å². The van der Waals surface area contributed by atoms with Crippen molar-refractivity contribution in [1.82, 2.24) is 0 Å². The molecule has 0 saturated heterocycles. The van der Waals surface area contributed by atoms with Crippen LogP contribution in [0.1, 0.15) is 0 Å². The van der Waals surface area contributed by atoms with Gasteiger partial charge in [-0.15, -0.1) is 0 Å². The van der Waals surface area contributed by atoms with E-state index >= 15 is 0 Å². The summed E-state index contributed by atoms with van der Waals surface area (Å²) in [6.45, 7) is 0. The fraction of sp³-hybridized carbons (Fsp3) is 0. The number of rotatable bonds is 12. The molecule has 0 nitrogen and oxygen atoms in total. The van der Waals surface area contributed by atoms with Gasteiger partial charge in [0, 0.05) is 0 Å². The first-order valence-electron chi connectivity index (χ1n) is 47.7. The van der Waals surface area contributed by atoms with Crippen LogP contribution in [0.15, 0.2) is 510 Å². The van der Waals surface area contributed by atoms with Crippen molar-refractivity contribution in [2.75, 3.05) is 0 Å². The third-order valence-electron chi connectivity index (χ3n) is 28.9. The zero-order chi connectivity index (χ0) is 90.8. The third kappa shape index (κ3) is 13.4. The first-order valence-corrected chi connectivity index (χ1v) is 51.1. The topological polar surface area (TPSA) is 0 Å². The summed E-state index contributed by atoms with van der Waals surface area (Å²) >= 11 is 0.230. The number of hydrogen-bond donors (Lipinski definition) is 0. The molecule has 0 fully saturated rings.